The standard InChI is InChI=1S/C22H21NO3S/c1-25-17-12-13-19(20(14-17)26-2)23-22(24)18-10-6-7-11-21(18)27-15-16-8-4-3-5-9-16/h3-14H,15H2,1-2H3,(H,23,24). The average Bonchev–Trinajstić information content (AvgIpc) is 2.73. The number of hydrogen-bond donors (Lipinski definition) is 1. The van der Waals surface area contributed by atoms with E-state index in [0.717, 1.165) is 10.6 Å². The van der Waals surface area contributed by atoms with Crippen molar-refractivity contribution in [2.45, 2.75) is 10.6 Å². The summed E-state index contributed by atoms with van der Waals surface area (Å²) in [6, 6.07) is 23.1. The molecular weight excluding hydrogens is 358 g/mol. The zero-order valence-corrected chi connectivity index (χ0v) is 16.1. The lowest BCUT2D eigenvalue weighted by Crippen LogP contribution is -2.13. The van der Waals surface area contributed by atoms with Gasteiger partial charge < -0.3 is 14.8 Å². The molecule has 27 heavy (non-hydrogen) atoms. The lowest BCUT2D eigenvalue weighted by molar-refractivity contribution is 0.102. The minimum Gasteiger partial charge on any atom is -0.497 e. The normalized spacial score (nSPS) is 10.3. The van der Waals surface area contributed by atoms with Crippen LogP contribution in [0.5, 0.6) is 11.5 Å². The summed E-state index contributed by atoms with van der Waals surface area (Å²) < 4.78 is 10.6. The van der Waals surface area contributed by atoms with Crippen molar-refractivity contribution in [3.05, 3.63) is 83.9 Å². The highest BCUT2D eigenvalue weighted by atomic mass is 32.2. The molecule has 0 aliphatic carbocycles. The zero-order valence-electron chi connectivity index (χ0n) is 15.3. The van der Waals surface area contributed by atoms with Crippen molar-refractivity contribution in [2.75, 3.05) is 19.5 Å². The van der Waals surface area contributed by atoms with Crippen molar-refractivity contribution >= 4 is 23.4 Å². The topological polar surface area (TPSA) is 47.6 Å². The monoisotopic (exact) mass is 379 g/mol. The van der Waals surface area contributed by atoms with Crippen molar-refractivity contribution in [1.82, 2.24) is 0 Å². The number of nitrogens with one attached hydrogen (secondary N) is 1. The molecule has 138 valence electrons. The molecule has 3 rings (SSSR count). The number of methoxy groups -OCH3 is 2. The summed E-state index contributed by atoms with van der Waals surface area (Å²) in [5, 5.41) is 2.93. The number of hydrogen-bond acceptors (Lipinski definition) is 4. The highest BCUT2D eigenvalue weighted by molar-refractivity contribution is 7.98. The number of anilines is 1. The van der Waals surface area contributed by atoms with Crippen LogP contribution in [0.4, 0.5) is 5.69 Å². The molecule has 0 unspecified atom stereocenters. The third kappa shape index (κ3) is 4.83. The number of carbonyl (C=O) groups excluding carboxylic acids is 1. The molecule has 0 saturated carbocycles. The minimum absolute atomic E-state index is 0.172. The van der Waals surface area contributed by atoms with Crippen LogP contribution in [0.1, 0.15) is 15.9 Å². The molecule has 5 heteroatoms. The molecule has 0 aromatic heterocycles. The molecule has 4 nitrogen and oxygen atoms in total. The van der Waals surface area contributed by atoms with Crippen LogP contribution in [-0.2, 0) is 5.75 Å². The summed E-state index contributed by atoms with van der Waals surface area (Å²) in [6.07, 6.45) is 0. The van der Waals surface area contributed by atoms with Gasteiger partial charge >= 0.3 is 0 Å². The first kappa shape index (κ1) is 18.9. The van der Waals surface area contributed by atoms with Crippen LogP contribution in [-0.4, -0.2) is 20.1 Å². The van der Waals surface area contributed by atoms with E-state index in [4.69, 9.17) is 9.47 Å². The second-order valence-corrected chi connectivity index (χ2v) is 6.81. The van der Waals surface area contributed by atoms with Gasteiger partial charge in [-0.25, -0.2) is 0 Å². The smallest absolute Gasteiger partial charge is 0.256 e. The van der Waals surface area contributed by atoms with E-state index in [1.54, 1.807) is 44.2 Å². The van der Waals surface area contributed by atoms with E-state index >= 15 is 0 Å². The fraction of sp³-hybridized carbons (Fsp3) is 0.136. The Morgan fingerprint density at radius 3 is 2.41 bits per heavy atom. The summed E-state index contributed by atoms with van der Waals surface area (Å²) in [6.45, 7) is 0. The minimum atomic E-state index is -0.172. The molecule has 0 heterocycles. The van der Waals surface area contributed by atoms with Crippen molar-refractivity contribution in [3.8, 4) is 11.5 Å². The summed E-state index contributed by atoms with van der Waals surface area (Å²) in [7, 11) is 3.15. The van der Waals surface area contributed by atoms with Crippen molar-refractivity contribution in [3.63, 3.8) is 0 Å². The predicted octanol–water partition coefficient (Wildman–Crippen LogP) is 5.25. The molecule has 0 fully saturated rings. The van der Waals surface area contributed by atoms with Crippen LogP contribution in [0.2, 0.25) is 0 Å². The maximum atomic E-state index is 12.9. The predicted molar refractivity (Wildman–Crippen MR) is 110 cm³/mol. The van der Waals surface area contributed by atoms with Gasteiger partial charge in [0, 0.05) is 16.7 Å². The highest BCUT2D eigenvalue weighted by Gasteiger charge is 2.14. The fourth-order valence-electron chi connectivity index (χ4n) is 2.61. The summed E-state index contributed by atoms with van der Waals surface area (Å²) in [5.41, 5.74) is 2.46. The highest BCUT2D eigenvalue weighted by Crippen LogP contribution is 2.31. The lowest BCUT2D eigenvalue weighted by Gasteiger charge is -2.13. The van der Waals surface area contributed by atoms with Crippen LogP contribution >= 0.6 is 11.8 Å². The summed E-state index contributed by atoms with van der Waals surface area (Å²) >= 11 is 1.64. The largest absolute Gasteiger partial charge is 0.497 e. The van der Waals surface area contributed by atoms with Gasteiger partial charge in [0.05, 0.1) is 25.5 Å². The summed E-state index contributed by atoms with van der Waals surface area (Å²) in [5.74, 6) is 1.85. The van der Waals surface area contributed by atoms with E-state index in [2.05, 4.69) is 17.4 Å². The fourth-order valence-corrected chi connectivity index (χ4v) is 3.61. The maximum Gasteiger partial charge on any atom is 0.256 e. The van der Waals surface area contributed by atoms with E-state index in [1.165, 1.54) is 5.56 Å². The Balaban J connectivity index is 1.77. The molecule has 0 radical (unpaired) electrons. The molecule has 0 aliphatic rings. The molecule has 0 spiro atoms. The molecule has 1 amide bonds. The SMILES string of the molecule is COc1ccc(NC(=O)c2ccccc2SCc2ccccc2)c(OC)c1. The van der Waals surface area contributed by atoms with Crippen LogP contribution in [0.3, 0.4) is 0 Å². The maximum absolute atomic E-state index is 12.9. The van der Waals surface area contributed by atoms with E-state index in [9.17, 15) is 4.79 Å². The van der Waals surface area contributed by atoms with Crippen molar-refractivity contribution < 1.29 is 14.3 Å². The first-order valence-corrected chi connectivity index (χ1v) is 9.49. The Labute approximate surface area is 163 Å². The van der Waals surface area contributed by atoms with Gasteiger partial charge in [0.2, 0.25) is 0 Å². The number of amides is 1. The Morgan fingerprint density at radius 2 is 1.67 bits per heavy atom. The third-order valence-corrected chi connectivity index (χ3v) is 5.17. The van der Waals surface area contributed by atoms with Gasteiger partial charge in [-0.1, -0.05) is 42.5 Å². The number of benzene rings is 3. The molecule has 1 N–H and O–H groups in total. The summed E-state index contributed by atoms with van der Waals surface area (Å²) in [4.78, 5) is 13.8. The van der Waals surface area contributed by atoms with Gasteiger partial charge in [-0.05, 0) is 29.8 Å². The van der Waals surface area contributed by atoms with Crippen molar-refractivity contribution in [1.29, 1.82) is 0 Å². The van der Waals surface area contributed by atoms with Crippen LogP contribution < -0.4 is 14.8 Å². The van der Waals surface area contributed by atoms with Crippen LogP contribution in [0.25, 0.3) is 0 Å². The number of thioether (sulfide) groups is 1. The lowest BCUT2D eigenvalue weighted by atomic mass is 10.2. The van der Waals surface area contributed by atoms with Gasteiger partial charge in [0.25, 0.3) is 5.91 Å². The van der Waals surface area contributed by atoms with Gasteiger partial charge in [-0.3, -0.25) is 4.79 Å². The molecule has 0 saturated heterocycles. The van der Waals surface area contributed by atoms with E-state index in [1.807, 2.05) is 42.5 Å². The number of ether oxygens (including phenoxy) is 2. The van der Waals surface area contributed by atoms with Gasteiger partial charge in [0.1, 0.15) is 11.5 Å². The van der Waals surface area contributed by atoms with Gasteiger partial charge in [-0.2, -0.15) is 0 Å². The quantitative estimate of drug-likeness (QED) is 0.570. The first-order valence-electron chi connectivity index (χ1n) is 8.50. The van der Waals surface area contributed by atoms with Crippen LogP contribution in [0.15, 0.2) is 77.7 Å². The molecule has 0 bridgehead atoms. The van der Waals surface area contributed by atoms with Gasteiger partial charge in [0.15, 0.2) is 0 Å². The Kier molecular flexibility index (Phi) is 6.39. The third-order valence-electron chi connectivity index (χ3n) is 4.03. The first-order chi connectivity index (χ1) is 13.2. The molecule has 0 aliphatic heterocycles. The molecule has 3 aromatic carbocycles. The van der Waals surface area contributed by atoms with Crippen LogP contribution in [0, 0.1) is 0 Å². The molecule has 3 aromatic rings. The van der Waals surface area contributed by atoms with E-state index in [0.29, 0.717) is 22.7 Å². The number of rotatable bonds is 7. The second kappa shape index (κ2) is 9.14. The second-order valence-electron chi connectivity index (χ2n) is 5.79. The van der Waals surface area contributed by atoms with E-state index in [-0.39, 0.29) is 5.91 Å². The van der Waals surface area contributed by atoms with E-state index < -0.39 is 0 Å². The number of carbonyl (C=O) groups is 1. The Morgan fingerprint density at radius 1 is 0.926 bits per heavy atom. The average molecular weight is 379 g/mol. The van der Waals surface area contributed by atoms with Crippen molar-refractivity contribution in [2.24, 2.45) is 0 Å². The zero-order chi connectivity index (χ0) is 19.1. The molecular formula is C22H21NO3S. The Bertz CT molecular complexity index is 912. The molecule has 0 atom stereocenters. The van der Waals surface area contributed by atoms with Gasteiger partial charge in [-0.15, -0.1) is 11.8 Å². The Hall–Kier alpha value is -2.92.